The first kappa shape index (κ1) is 22.8. The standard InChI is InChI=1S/C27H38N2O5/c1-25(2,28)16-29-24(30)31-23-5-3-19(4-6-23)20-7-9-26(10-8-20)32-27(34-33-26)21-12-17-11-18(14-21)15-22(27)13-17/h3-6,17-18,20-22H,7-16,28H2,1-2H3,(H,29,30). The van der Waals surface area contributed by atoms with Crippen LogP contribution in [0.15, 0.2) is 24.3 Å². The molecule has 4 bridgehead atoms. The quantitative estimate of drug-likeness (QED) is 0.602. The summed E-state index contributed by atoms with van der Waals surface area (Å²) in [5, 5.41) is 2.69. The van der Waals surface area contributed by atoms with Crippen LogP contribution in [0.3, 0.4) is 0 Å². The maximum atomic E-state index is 12.0. The average Bonchev–Trinajstić information content (AvgIpc) is 3.16. The number of ether oxygens (including phenoxy) is 2. The van der Waals surface area contributed by atoms with Gasteiger partial charge in [-0.1, -0.05) is 12.1 Å². The molecule has 0 aromatic heterocycles. The average molecular weight is 471 g/mol. The van der Waals surface area contributed by atoms with Crippen molar-refractivity contribution in [3.05, 3.63) is 29.8 Å². The largest absolute Gasteiger partial charge is 0.412 e. The molecule has 7 nitrogen and oxygen atoms in total. The van der Waals surface area contributed by atoms with Crippen LogP contribution in [0.2, 0.25) is 0 Å². The zero-order valence-electron chi connectivity index (χ0n) is 20.4. The zero-order valence-corrected chi connectivity index (χ0v) is 20.4. The SMILES string of the molecule is CC(C)(N)CNC(=O)Oc1ccc(C2CCC3(CC2)OOC2(O3)C3CC4CC(C3)CC2C4)cc1. The van der Waals surface area contributed by atoms with Gasteiger partial charge in [-0.2, -0.15) is 9.78 Å². The number of amides is 1. The number of hydrogen-bond acceptors (Lipinski definition) is 6. The number of nitrogens with one attached hydrogen (secondary N) is 1. The maximum Gasteiger partial charge on any atom is 0.412 e. The Bertz CT molecular complexity index is 888. The molecule has 1 aromatic carbocycles. The fourth-order valence-corrected chi connectivity index (χ4v) is 7.44. The van der Waals surface area contributed by atoms with Gasteiger partial charge in [-0.15, -0.1) is 0 Å². The molecular formula is C27H38N2O5. The second kappa shape index (κ2) is 8.19. The lowest BCUT2D eigenvalue weighted by Gasteiger charge is -2.57. The highest BCUT2D eigenvalue weighted by Crippen LogP contribution is 2.64. The fraction of sp³-hybridized carbons (Fsp3) is 0.741. The highest BCUT2D eigenvalue weighted by molar-refractivity contribution is 5.70. The summed E-state index contributed by atoms with van der Waals surface area (Å²) in [5.74, 6) is 2.65. The molecule has 0 unspecified atom stereocenters. The highest BCUT2D eigenvalue weighted by atomic mass is 17.3. The van der Waals surface area contributed by atoms with Crippen LogP contribution in [-0.4, -0.2) is 29.8 Å². The molecule has 1 saturated heterocycles. The Balaban J connectivity index is 1.04. The Kier molecular flexibility index (Phi) is 5.48. The molecule has 0 atom stereocenters. The summed E-state index contributed by atoms with van der Waals surface area (Å²) in [6, 6.07) is 7.85. The van der Waals surface area contributed by atoms with E-state index in [1.54, 1.807) is 0 Å². The van der Waals surface area contributed by atoms with E-state index in [0.29, 0.717) is 30.0 Å². The third kappa shape index (κ3) is 4.15. The van der Waals surface area contributed by atoms with E-state index < -0.39 is 23.2 Å². The van der Waals surface area contributed by atoms with Gasteiger partial charge >= 0.3 is 6.09 Å². The maximum absolute atomic E-state index is 12.0. The van der Waals surface area contributed by atoms with Crippen molar-refractivity contribution in [1.82, 2.24) is 5.32 Å². The molecule has 5 aliphatic carbocycles. The number of carbonyl (C=O) groups is 1. The Morgan fingerprint density at radius 1 is 1.03 bits per heavy atom. The van der Waals surface area contributed by atoms with Crippen molar-refractivity contribution in [3.8, 4) is 5.75 Å². The van der Waals surface area contributed by atoms with E-state index >= 15 is 0 Å². The fourth-order valence-electron chi connectivity index (χ4n) is 7.44. The van der Waals surface area contributed by atoms with E-state index in [1.807, 2.05) is 26.0 Å². The van der Waals surface area contributed by atoms with Gasteiger partial charge in [-0.3, -0.25) is 0 Å². The van der Waals surface area contributed by atoms with Gasteiger partial charge in [0.05, 0.1) is 0 Å². The second-order valence-corrected chi connectivity index (χ2v) is 12.3. The molecule has 7 rings (SSSR count). The number of hydrogen-bond donors (Lipinski definition) is 2. The van der Waals surface area contributed by atoms with Crippen molar-refractivity contribution >= 4 is 6.09 Å². The van der Waals surface area contributed by atoms with E-state index in [0.717, 1.165) is 37.5 Å². The van der Waals surface area contributed by atoms with Crippen molar-refractivity contribution in [1.29, 1.82) is 0 Å². The molecule has 1 aromatic rings. The zero-order chi connectivity index (χ0) is 23.6. The van der Waals surface area contributed by atoms with Crippen molar-refractivity contribution in [2.45, 2.75) is 94.7 Å². The first-order chi connectivity index (χ1) is 16.2. The van der Waals surface area contributed by atoms with Gasteiger partial charge in [-0.05, 0) is 94.2 Å². The lowest BCUT2D eigenvalue weighted by molar-refractivity contribution is -0.390. The van der Waals surface area contributed by atoms with Crippen LogP contribution in [-0.2, 0) is 14.5 Å². The molecule has 3 N–H and O–H groups in total. The minimum absolute atomic E-state index is 0.353. The lowest BCUT2D eigenvalue weighted by atomic mass is 9.53. The summed E-state index contributed by atoms with van der Waals surface area (Å²) in [7, 11) is 0. The van der Waals surface area contributed by atoms with Crippen molar-refractivity contribution in [2.24, 2.45) is 29.4 Å². The molecule has 1 aliphatic heterocycles. The molecule has 5 saturated carbocycles. The van der Waals surface area contributed by atoms with E-state index in [4.69, 9.17) is 25.0 Å². The minimum Gasteiger partial charge on any atom is -0.410 e. The van der Waals surface area contributed by atoms with E-state index in [-0.39, 0.29) is 0 Å². The van der Waals surface area contributed by atoms with Gasteiger partial charge < -0.3 is 20.5 Å². The predicted molar refractivity (Wildman–Crippen MR) is 126 cm³/mol. The van der Waals surface area contributed by atoms with E-state index in [9.17, 15) is 4.79 Å². The molecule has 7 heteroatoms. The molecule has 1 heterocycles. The minimum atomic E-state index is -0.580. The van der Waals surface area contributed by atoms with Crippen LogP contribution >= 0.6 is 0 Å². The molecule has 6 fully saturated rings. The van der Waals surface area contributed by atoms with Crippen LogP contribution in [0.25, 0.3) is 0 Å². The van der Waals surface area contributed by atoms with Gasteiger partial charge in [-0.25, -0.2) is 4.79 Å². The van der Waals surface area contributed by atoms with Gasteiger partial charge in [0.15, 0.2) is 0 Å². The Labute approximate surface area is 202 Å². The number of rotatable bonds is 4. The molecular weight excluding hydrogens is 432 g/mol. The Morgan fingerprint density at radius 2 is 1.65 bits per heavy atom. The van der Waals surface area contributed by atoms with E-state index in [2.05, 4.69) is 17.4 Å². The first-order valence-electron chi connectivity index (χ1n) is 13.1. The van der Waals surface area contributed by atoms with Gasteiger partial charge in [0.25, 0.3) is 0 Å². The summed E-state index contributed by atoms with van der Waals surface area (Å²) < 4.78 is 12.2. The number of carbonyl (C=O) groups excluding carboxylic acids is 1. The van der Waals surface area contributed by atoms with Gasteiger partial charge in [0.2, 0.25) is 11.6 Å². The summed E-state index contributed by atoms with van der Waals surface area (Å²) in [5.41, 5.74) is 6.68. The smallest absolute Gasteiger partial charge is 0.410 e. The molecule has 1 amide bonds. The lowest BCUT2D eigenvalue weighted by Crippen LogP contribution is -2.59. The highest BCUT2D eigenvalue weighted by Gasteiger charge is 2.66. The summed E-state index contributed by atoms with van der Waals surface area (Å²) in [6.45, 7) is 4.06. The van der Waals surface area contributed by atoms with Crippen molar-refractivity contribution < 1.29 is 24.0 Å². The van der Waals surface area contributed by atoms with E-state index in [1.165, 1.54) is 37.7 Å². The monoisotopic (exact) mass is 470 g/mol. The molecule has 186 valence electrons. The summed E-state index contributed by atoms with van der Waals surface area (Å²) in [6.07, 6.45) is 9.58. The third-order valence-corrected chi connectivity index (χ3v) is 8.94. The normalized spacial score (nSPS) is 40.7. The Morgan fingerprint density at radius 3 is 2.24 bits per heavy atom. The van der Waals surface area contributed by atoms with Crippen LogP contribution in [0.5, 0.6) is 5.75 Å². The number of benzene rings is 1. The van der Waals surface area contributed by atoms with Crippen LogP contribution in [0.4, 0.5) is 4.79 Å². The van der Waals surface area contributed by atoms with Crippen LogP contribution < -0.4 is 15.8 Å². The summed E-state index contributed by atoms with van der Waals surface area (Å²) >= 11 is 0. The first-order valence-corrected chi connectivity index (χ1v) is 13.1. The van der Waals surface area contributed by atoms with Crippen molar-refractivity contribution in [3.63, 3.8) is 0 Å². The molecule has 2 spiro atoms. The van der Waals surface area contributed by atoms with Gasteiger partial charge in [0.1, 0.15) is 5.75 Å². The topological polar surface area (TPSA) is 92.0 Å². The number of nitrogens with two attached hydrogens (primary N) is 1. The Hall–Kier alpha value is -1.67. The third-order valence-electron chi connectivity index (χ3n) is 8.94. The van der Waals surface area contributed by atoms with Gasteiger partial charge in [0, 0.05) is 36.8 Å². The molecule has 34 heavy (non-hydrogen) atoms. The molecule has 6 aliphatic rings. The predicted octanol–water partition coefficient (Wildman–Crippen LogP) is 5.00. The molecule has 0 radical (unpaired) electrons. The van der Waals surface area contributed by atoms with Crippen LogP contribution in [0, 0.1) is 23.7 Å². The summed E-state index contributed by atoms with van der Waals surface area (Å²) in [4.78, 5) is 24.2. The van der Waals surface area contributed by atoms with Crippen molar-refractivity contribution in [2.75, 3.05) is 6.54 Å². The van der Waals surface area contributed by atoms with Crippen LogP contribution in [0.1, 0.15) is 83.1 Å². The second-order valence-electron chi connectivity index (χ2n) is 12.3.